The lowest BCUT2D eigenvalue weighted by Crippen LogP contribution is -2.09. The Hall–Kier alpha value is 0.300. The molecule has 0 heterocycles. The molecule has 0 aliphatic heterocycles. The van der Waals surface area contributed by atoms with Crippen molar-refractivity contribution in [2.45, 2.75) is 11.1 Å². The lowest BCUT2D eigenvalue weighted by Gasteiger charge is -2.16. The van der Waals surface area contributed by atoms with Gasteiger partial charge in [0.15, 0.2) is 0 Å². The van der Waals surface area contributed by atoms with Crippen LogP contribution in [0, 0.1) is 0 Å². The van der Waals surface area contributed by atoms with Crippen LogP contribution in [0.2, 0.25) is 10.0 Å². The maximum Gasteiger partial charge on any atom is 0.243 e. The molecule has 0 fully saturated rings. The molecule has 2 nitrogen and oxygen atoms in total. The van der Waals surface area contributed by atoms with E-state index in [1.54, 1.807) is 0 Å². The molecule has 0 saturated carbocycles. The molecule has 0 atom stereocenters. The summed E-state index contributed by atoms with van der Waals surface area (Å²) in [5.41, 5.74) is 0.530. The highest BCUT2D eigenvalue weighted by Gasteiger charge is 2.27. The van der Waals surface area contributed by atoms with Gasteiger partial charge in [0.1, 0.15) is 0 Å². The van der Waals surface area contributed by atoms with Crippen molar-refractivity contribution in [3.05, 3.63) is 33.3 Å². The maximum atomic E-state index is 9.28. The van der Waals surface area contributed by atoms with Gasteiger partial charge < -0.3 is 10.2 Å². The number of hydrogen-bond donors (Lipinski definition) is 2. The summed E-state index contributed by atoms with van der Waals surface area (Å²) in [7, 11) is 0. The molecule has 0 bridgehead atoms. The Labute approximate surface area is 101 Å². The molecule has 0 saturated heterocycles. The second-order valence-corrected chi connectivity index (χ2v) is 4.64. The Bertz CT molecular complexity index is 346. The minimum absolute atomic E-state index is 0.0331. The second kappa shape index (κ2) is 4.44. The average Bonchev–Trinajstić information content (AvgIpc) is 2.07. The minimum atomic E-state index is -2.09. The van der Waals surface area contributed by atoms with Crippen LogP contribution in [-0.4, -0.2) is 10.2 Å². The first-order valence-electron chi connectivity index (χ1n) is 3.56. The number of alkyl halides is 2. The first-order chi connectivity index (χ1) is 6.38. The summed E-state index contributed by atoms with van der Waals surface area (Å²) in [6.07, 6.45) is 0. The van der Waals surface area contributed by atoms with E-state index in [2.05, 4.69) is 0 Å². The Morgan fingerprint density at radius 1 is 1.14 bits per heavy atom. The van der Waals surface area contributed by atoms with E-state index in [0.29, 0.717) is 5.56 Å². The Balaban J connectivity index is 3.31. The van der Waals surface area contributed by atoms with E-state index in [1.807, 2.05) is 0 Å². The van der Waals surface area contributed by atoms with E-state index in [0.717, 1.165) is 0 Å². The van der Waals surface area contributed by atoms with E-state index in [1.165, 1.54) is 12.1 Å². The van der Waals surface area contributed by atoms with Crippen LogP contribution in [0.4, 0.5) is 0 Å². The molecule has 14 heavy (non-hydrogen) atoms. The van der Waals surface area contributed by atoms with Crippen molar-refractivity contribution in [1.82, 2.24) is 0 Å². The van der Waals surface area contributed by atoms with Crippen molar-refractivity contribution in [2.24, 2.45) is 0 Å². The molecule has 0 unspecified atom stereocenters. The highest BCUT2D eigenvalue weighted by atomic mass is 35.5. The van der Waals surface area contributed by atoms with E-state index in [4.69, 9.17) is 51.5 Å². The van der Waals surface area contributed by atoms with Crippen LogP contribution in [0.5, 0.6) is 0 Å². The minimum Gasteiger partial charge on any atom is -0.392 e. The molecule has 0 spiro atoms. The number of aliphatic hydroxyl groups excluding tert-OH is 1. The number of benzene rings is 1. The van der Waals surface area contributed by atoms with E-state index >= 15 is 0 Å². The molecule has 0 radical (unpaired) electrons. The zero-order valence-corrected chi connectivity index (χ0v) is 9.79. The van der Waals surface area contributed by atoms with Crippen LogP contribution in [0.15, 0.2) is 12.1 Å². The van der Waals surface area contributed by atoms with Gasteiger partial charge in [0.25, 0.3) is 0 Å². The van der Waals surface area contributed by atoms with Gasteiger partial charge in [-0.1, -0.05) is 58.5 Å². The molecule has 78 valence electrons. The lowest BCUT2D eigenvalue weighted by molar-refractivity contribution is 0.218. The molecule has 1 rings (SSSR count). The summed E-state index contributed by atoms with van der Waals surface area (Å²) in [6.45, 7) is -0.248. The van der Waals surface area contributed by atoms with Gasteiger partial charge in [0.05, 0.1) is 16.7 Å². The molecule has 0 aliphatic carbocycles. The fourth-order valence-corrected chi connectivity index (χ4v) is 1.90. The largest absolute Gasteiger partial charge is 0.392 e. The summed E-state index contributed by atoms with van der Waals surface area (Å²) in [5.74, 6) is 0. The quantitative estimate of drug-likeness (QED) is 0.815. The Kier molecular flexibility index (Phi) is 3.92. The smallest absolute Gasteiger partial charge is 0.243 e. The zero-order chi connectivity index (χ0) is 10.9. The van der Waals surface area contributed by atoms with Crippen molar-refractivity contribution in [3.63, 3.8) is 0 Å². The van der Waals surface area contributed by atoms with Crippen LogP contribution < -0.4 is 0 Å². The summed E-state index contributed by atoms with van der Waals surface area (Å²) in [4.78, 5) is 0. The zero-order valence-electron chi connectivity index (χ0n) is 6.77. The van der Waals surface area contributed by atoms with Gasteiger partial charge in [-0.05, 0) is 5.56 Å². The molecule has 2 N–H and O–H groups in total. The second-order valence-electron chi connectivity index (χ2n) is 2.60. The normalized spacial score (nSPS) is 11.9. The van der Waals surface area contributed by atoms with Crippen molar-refractivity contribution < 1.29 is 10.2 Å². The predicted molar refractivity (Wildman–Crippen MR) is 58.0 cm³/mol. The van der Waals surface area contributed by atoms with Crippen molar-refractivity contribution >= 4 is 46.4 Å². The fourth-order valence-electron chi connectivity index (χ4n) is 0.944. The average molecular weight is 276 g/mol. The lowest BCUT2D eigenvalue weighted by atomic mass is 10.1. The summed E-state index contributed by atoms with van der Waals surface area (Å²) in [6, 6.07) is 2.89. The Morgan fingerprint density at radius 3 is 2.14 bits per heavy atom. The third kappa shape index (κ3) is 2.45. The van der Waals surface area contributed by atoms with E-state index in [-0.39, 0.29) is 22.2 Å². The number of halogens is 4. The molecule has 1 aromatic rings. The first kappa shape index (κ1) is 12.4. The molecule has 0 aromatic heterocycles. The maximum absolute atomic E-state index is 9.28. The monoisotopic (exact) mass is 274 g/mol. The molecule has 6 heteroatoms. The Morgan fingerprint density at radius 2 is 1.71 bits per heavy atom. The van der Waals surface area contributed by atoms with Crippen LogP contribution in [-0.2, 0) is 11.1 Å². The fraction of sp³-hybridized carbons (Fsp3) is 0.250. The van der Waals surface area contributed by atoms with Crippen molar-refractivity contribution in [2.75, 3.05) is 0 Å². The van der Waals surface area contributed by atoms with E-state index in [9.17, 15) is 5.11 Å². The van der Waals surface area contributed by atoms with Gasteiger partial charge in [-0.25, -0.2) is 0 Å². The highest BCUT2D eigenvalue weighted by Crippen LogP contribution is 2.39. The number of rotatable bonds is 2. The van der Waals surface area contributed by atoms with Gasteiger partial charge >= 0.3 is 0 Å². The molecular weight excluding hydrogens is 270 g/mol. The van der Waals surface area contributed by atoms with Crippen molar-refractivity contribution in [1.29, 1.82) is 0 Å². The van der Waals surface area contributed by atoms with Crippen molar-refractivity contribution in [3.8, 4) is 0 Å². The first-order valence-corrected chi connectivity index (χ1v) is 5.07. The van der Waals surface area contributed by atoms with Crippen LogP contribution in [0.25, 0.3) is 0 Å². The molecule has 0 aliphatic rings. The van der Waals surface area contributed by atoms with Gasteiger partial charge in [-0.3, -0.25) is 0 Å². The molecular formula is C8H6Cl4O2. The highest BCUT2D eigenvalue weighted by molar-refractivity contribution is 6.49. The SMILES string of the molecule is OCc1ccc(C(O)(Cl)Cl)c(Cl)c1Cl. The number of aliphatic hydroxyl groups is 2. The molecule has 1 aromatic carbocycles. The third-order valence-electron chi connectivity index (χ3n) is 1.66. The molecule has 0 amide bonds. The van der Waals surface area contributed by atoms with E-state index < -0.39 is 4.52 Å². The summed E-state index contributed by atoms with van der Waals surface area (Å²) >= 11 is 22.5. The van der Waals surface area contributed by atoms with Gasteiger partial charge in [-0.2, -0.15) is 0 Å². The van der Waals surface area contributed by atoms with Gasteiger partial charge in [0, 0.05) is 5.56 Å². The summed E-state index contributed by atoms with van der Waals surface area (Å²) < 4.78 is -2.09. The van der Waals surface area contributed by atoms with Crippen LogP contribution >= 0.6 is 46.4 Å². The van der Waals surface area contributed by atoms with Gasteiger partial charge in [-0.15, -0.1) is 0 Å². The standard InChI is InChI=1S/C8H6Cl4O2/c9-6-4(3-13)1-2-5(7(6)10)8(11,12)14/h1-2,13-14H,3H2. The van der Waals surface area contributed by atoms with Gasteiger partial charge in [0.2, 0.25) is 4.52 Å². The van der Waals surface area contributed by atoms with Crippen LogP contribution in [0.3, 0.4) is 0 Å². The predicted octanol–water partition coefficient (Wildman–Crippen LogP) is 3.07. The third-order valence-corrected chi connectivity index (χ3v) is 2.98. The topological polar surface area (TPSA) is 40.5 Å². The summed E-state index contributed by atoms with van der Waals surface area (Å²) in [5, 5.41) is 18.3. The number of hydrogen-bond acceptors (Lipinski definition) is 2. The van der Waals surface area contributed by atoms with Crippen LogP contribution in [0.1, 0.15) is 11.1 Å².